The smallest absolute Gasteiger partial charge is 0.668 e. The molecule has 0 spiro atoms. The topological polar surface area (TPSA) is 27.0 Å². The van der Waals surface area contributed by atoms with Crippen LogP contribution in [0.1, 0.15) is 0 Å². The van der Waals surface area contributed by atoms with Crippen molar-refractivity contribution in [2.45, 2.75) is 52.4 Å². The predicted molar refractivity (Wildman–Crippen MR) is 70.3 cm³/mol. The second-order valence-corrected chi connectivity index (χ2v) is 20.7. The van der Waals surface area contributed by atoms with E-state index in [1.165, 1.54) is 0 Å². The van der Waals surface area contributed by atoms with E-state index in [1.807, 2.05) is 0 Å². The first-order chi connectivity index (χ1) is 5.37. The summed E-state index contributed by atoms with van der Waals surface area (Å²) in [6, 6.07) is 0. The summed E-state index contributed by atoms with van der Waals surface area (Å²) >= 11 is 0. The van der Waals surface area contributed by atoms with E-state index in [0.717, 1.165) is 0 Å². The Morgan fingerprint density at radius 1 is 0.667 bits per heavy atom. The van der Waals surface area contributed by atoms with Crippen LogP contribution in [0.2, 0.25) is 52.4 Å². The van der Waals surface area contributed by atoms with E-state index in [0.29, 0.717) is 0 Å². The van der Waals surface area contributed by atoms with Crippen LogP contribution < -0.4 is 37.7 Å². The third-order valence-corrected chi connectivity index (χ3v) is 17.1. The Hall–Kier alpha value is 1.77. The van der Waals surface area contributed by atoms with Crippen molar-refractivity contribution >= 4 is 24.9 Å². The van der Waals surface area contributed by atoms with Gasteiger partial charge in [0.15, 0.2) is 0 Å². The minimum absolute atomic E-state index is 0. The van der Waals surface area contributed by atoms with Gasteiger partial charge in [-0.25, -0.2) is 0 Å². The molecule has 1 N–H and O–H groups in total. The zero-order valence-electron chi connectivity index (χ0n) is 12.4. The average molecular weight is 247 g/mol. The first-order valence-corrected chi connectivity index (χ1v) is 14.8. The van der Waals surface area contributed by atoms with Crippen molar-refractivity contribution in [2.24, 2.45) is 0 Å². The SMILES string of the molecule is C[Si](C)(C)N([Si](C)(C)C)[Si](C)(C)[NH-].[Li+].[Li+]. The summed E-state index contributed by atoms with van der Waals surface area (Å²) in [5.74, 6) is 0. The van der Waals surface area contributed by atoms with Crippen LogP contribution in [0.3, 0.4) is 0 Å². The van der Waals surface area contributed by atoms with Crippen LogP contribution in [-0.4, -0.2) is 28.8 Å². The van der Waals surface area contributed by atoms with Crippen molar-refractivity contribution in [1.29, 1.82) is 0 Å². The van der Waals surface area contributed by atoms with E-state index < -0.39 is 24.9 Å². The Bertz CT molecular complexity index is 149. The van der Waals surface area contributed by atoms with Crippen LogP contribution in [0.25, 0.3) is 5.40 Å². The van der Waals surface area contributed by atoms with Crippen LogP contribution in [0.4, 0.5) is 0 Å². The molecule has 0 aromatic carbocycles. The van der Waals surface area contributed by atoms with Crippen molar-refractivity contribution in [2.75, 3.05) is 0 Å². The van der Waals surface area contributed by atoms with Gasteiger partial charge in [0.1, 0.15) is 16.5 Å². The van der Waals surface area contributed by atoms with Gasteiger partial charge < -0.3 is 9.30 Å². The Morgan fingerprint density at radius 2 is 0.867 bits per heavy atom. The molecule has 0 radical (unpaired) electrons. The number of hydrogen-bond donors (Lipinski definition) is 0. The predicted octanol–water partition coefficient (Wildman–Crippen LogP) is -2.28. The number of hydrogen-bond acceptors (Lipinski definition) is 1. The van der Waals surface area contributed by atoms with Gasteiger partial charge in [0.2, 0.25) is 0 Å². The van der Waals surface area contributed by atoms with E-state index in [1.54, 1.807) is 0 Å². The van der Waals surface area contributed by atoms with Crippen molar-refractivity contribution in [1.82, 2.24) is 3.90 Å². The fourth-order valence-corrected chi connectivity index (χ4v) is 24.1. The minimum Gasteiger partial charge on any atom is -0.668 e. The van der Waals surface area contributed by atoms with Crippen LogP contribution >= 0.6 is 0 Å². The van der Waals surface area contributed by atoms with Gasteiger partial charge in [-0.15, -0.1) is 0 Å². The van der Waals surface area contributed by atoms with Crippen molar-refractivity contribution in [3.8, 4) is 0 Å². The van der Waals surface area contributed by atoms with Gasteiger partial charge in [0.25, 0.3) is 0 Å². The summed E-state index contributed by atoms with van der Waals surface area (Å²) in [4.78, 5) is 0. The maximum absolute atomic E-state index is 8.33. The molecule has 0 aromatic rings. The molecule has 0 saturated carbocycles. The molecule has 0 fully saturated rings. The van der Waals surface area contributed by atoms with Gasteiger partial charge in [-0.05, 0) is 8.40 Å². The fraction of sp³-hybridized carbons (Fsp3) is 1.00. The molecular formula is C8H25Li2N2Si3+. The summed E-state index contributed by atoms with van der Waals surface area (Å²) in [7, 11) is -4.43. The molecule has 0 rings (SSSR count). The standard InChI is InChI=1S/C8H25N2Si3.2Li/c1-11(2,3)10(12(4,5)6)13(7,8)9;;/h9H,1-8H3;;/q-1;2*+1. The molecule has 2 nitrogen and oxygen atoms in total. The molecule has 0 unspecified atom stereocenters. The summed E-state index contributed by atoms with van der Waals surface area (Å²) < 4.78 is 2.65. The molecule has 15 heavy (non-hydrogen) atoms. The van der Waals surface area contributed by atoms with Crippen LogP contribution in [0, 0.1) is 0 Å². The summed E-state index contributed by atoms with van der Waals surface area (Å²) in [6.07, 6.45) is 0. The molecule has 0 aliphatic heterocycles. The number of nitrogens with one attached hydrogen (secondary N) is 1. The Balaban J connectivity index is -0.000000720. The van der Waals surface area contributed by atoms with Gasteiger partial charge in [0, 0.05) is 0 Å². The van der Waals surface area contributed by atoms with Crippen molar-refractivity contribution < 1.29 is 37.7 Å². The van der Waals surface area contributed by atoms with E-state index >= 15 is 0 Å². The summed E-state index contributed by atoms with van der Waals surface area (Å²) in [5, 5.41) is 8.33. The molecule has 0 aliphatic rings. The summed E-state index contributed by atoms with van der Waals surface area (Å²) in [5.41, 5.74) is 0. The second-order valence-electron chi connectivity index (χ2n) is 6.24. The molecular weight excluding hydrogens is 222 g/mol. The van der Waals surface area contributed by atoms with Crippen molar-refractivity contribution in [3.63, 3.8) is 0 Å². The number of rotatable bonds is 3. The molecule has 0 saturated heterocycles. The molecule has 0 bridgehead atoms. The molecule has 80 valence electrons. The monoisotopic (exact) mass is 247 g/mol. The molecule has 7 heteroatoms. The second kappa shape index (κ2) is 6.63. The third kappa shape index (κ3) is 7.65. The van der Waals surface area contributed by atoms with Crippen LogP contribution in [-0.2, 0) is 0 Å². The van der Waals surface area contributed by atoms with E-state index in [-0.39, 0.29) is 37.7 Å². The molecule has 0 aliphatic carbocycles. The van der Waals surface area contributed by atoms with E-state index in [4.69, 9.17) is 5.40 Å². The van der Waals surface area contributed by atoms with Gasteiger partial charge >= 0.3 is 37.7 Å². The van der Waals surface area contributed by atoms with Gasteiger partial charge in [-0.2, -0.15) is 0 Å². The molecule has 0 amide bonds. The maximum atomic E-state index is 8.33. The Morgan fingerprint density at radius 3 is 0.867 bits per heavy atom. The zero-order valence-corrected chi connectivity index (χ0v) is 15.4. The minimum atomic E-state index is -1.85. The first-order valence-electron chi connectivity index (χ1n) is 4.92. The van der Waals surface area contributed by atoms with Gasteiger partial charge in [0.05, 0.1) is 0 Å². The first kappa shape index (κ1) is 22.0. The van der Waals surface area contributed by atoms with Gasteiger partial charge in [-0.3, -0.25) is 0 Å². The fourth-order valence-electron chi connectivity index (χ4n) is 2.68. The average Bonchev–Trinajstić information content (AvgIpc) is 1.44. The Labute approximate surface area is 123 Å². The van der Waals surface area contributed by atoms with E-state index in [9.17, 15) is 0 Å². The van der Waals surface area contributed by atoms with Gasteiger partial charge in [-0.1, -0.05) is 52.4 Å². The quantitative estimate of drug-likeness (QED) is 0.516. The summed E-state index contributed by atoms with van der Waals surface area (Å²) in [6.45, 7) is 18.5. The molecule has 0 heterocycles. The molecule has 0 aromatic heterocycles. The molecule has 0 atom stereocenters. The third-order valence-electron chi connectivity index (χ3n) is 1.90. The van der Waals surface area contributed by atoms with Crippen LogP contribution in [0.5, 0.6) is 0 Å². The zero-order chi connectivity index (χ0) is 11.1. The van der Waals surface area contributed by atoms with Crippen LogP contribution in [0.15, 0.2) is 0 Å². The largest absolute Gasteiger partial charge is 1.00 e. The number of nitrogens with zero attached hydrogens (tertiary/aromatic N) is 1. The maximum Gasteiger partial charge on any atom is 1.00 e. The Kier molecular flexibility index (Phi) is 9.72. The normalized spacial score (nSPS) is 13.2. The van der Waals surface area contributed by atoms with Crippen molar-refractivity contribution in [3.05, 3.63) is 5.40 Å². The van der Waals surface area contributed by atoms with E-state index in [2.05, 4.69) is 56.3 Å².